The molecular weight excluding hydrogens is 426 g/mol. The number of nitrogens with one attached hydrogen (secondary N) is 2. The van der Waals surface area contributed by atoms with Crippen LogP contribution in [0.15, 0.2) is 18.2 Å². The number of carbonyl (C=O) groups is 2. The molecule has 0 radical (unpaired) electrons. The van der Waals surface area contributed by atoms with Crippen LogP contribution < -0.4 is 10.6 Å². The third-order valence-corrected chi connectivity index (χ3v) is 7.79. The normalized spacial score (nSPS) is 25.2. The first-order chi connectivity index (χ1) is 16.0. The number of amides is 2. The number of aliphatic hydroxyl groups excluding tert-OH is 1. The van der Waals surface area contributed by atoms with E-state index < -0.39 is 6.10 Å². The molecule has 0 spiro atoms. The van der Waals surface area contributed by atoms with Gasteiger partial charge in [-0.05, 0) is 82.9 Å². The van der Waals surface area contributed by atoms with Gasteiger partial charge < -0.3 is 15.7 Å². The van der Waals surface area contributed by atoms with Crippen molar-refractivity contribution in [2.75, 3.05) is 13.1 Å². The molecule has 34 heavy (non-hydrogen) atoms. The van der Waals surface area contributed by atoms with Crippen LogP contribution in [0.2, 0.25) is 0 Å². The summed E-state index contributed by atoms with van der Waals surface area (Å²) in [6, 6.07) is 5.11. The molecule has 1 aliphatic heterocycles. The topological polar surface area (TPSA) is 81.7 Å². The van der Waals surface area contributed by atoms with Gasteiger partial charge in [0, 0.05) is 24.2 Å². The molecule has 1 aliphatic carbocycles. The predicted molar refractivity (Wildman–Crippen MR) is 137 cm³/mol. The van der Waals surface area contributed by atoms with Gasteiger partial charge in [-0.3, -0.25) is 14.5 Å². The van der Waals surface area contributed by atoms with E-state index in [9.17, 15) is 14.7 Å². The van der Waals surface area contributed by atoms with Gasteiger partial charge >= 0.3 is 0 Å². The minimum atomic E-state index is -0.746. The van der Waals surface area contributed by atoms with Gasteiger partial charge in [-0.1, -0.05) is 38.3 Å². The summed E-state index contributed by atoms with van der Waals surface area (Å²) < 4.78 is 0. The van der Waals surface area contributed by atoms with Gasteiger partial charge in [0.05, 0.1) is 18.2 Å². The van der Waals surface area contributed by atoms with Crippen LogP contribution in [-0.4, -0.2) is 58.6 Å². The zero-order valence-electron chi connectivity index (χ0n) is 22.0. The second-order valence-corrected chi connectivity index (χ2v) is 11.6. The summed E-state index contributed by atoms with van der Waals surface area (Å²) in [4.78, 5) is 28.4. The number of fused-ring (bicyclic) bond motifs is 1. The highest BCUT2D eigenvalue weighted by Gasteiger charge is 2.41. The van der Waals surface area contributed by atoms with E-state index >= 15 is 0 Å². The zero-order valence-corrected chi connectivity index (χ0v) is 22.0. The maximum atomic E-state index is 13.2. The number of rotatable bonds is 7. The van der Waals surface area contributed by atoms with Crippen molar-refractivity contribution < 1.29 is 14.7 Å². The molecule has 6 nitrogen and oxygen atoms in total. The van der Waals surface area contributed by atoms with Gasteiger partial charge in [-0.2, -0.15) is 0 Å². The number of hydrogen-bond donors (Lipinski definition) is 3. The van der Waals surface area contributed by atoms with E-state index in [-0.39, 0.29) is 29.4 Å². The lowest BCUT2D eigenvalue weighted by molar-refractivity contribution is -0.132. The number of likely N-dealkylation sites (tertiary alicyclic amines) is 1. The van der Waals surface area contributed by atoms with Gasteiger partial charge in [0.1, 0.15) is 0 Å². The van der Waals surface area contributed by atoms with Crippen molar-refractivity contribution in [2.45, 2.75) is 104 Å². The molecule has 1 aromatic rings. The molecule has 3 N–H and O–H groups in total. The molecule has 3 rings (SSSR count). The highest BCUT2D eigenvalue weighted by atomic mass is 16.3. The SMILES string of the molecule is CC[C@H](NC(=O)c1cccc(C)c1C)[C@H](O)CN1C[C@H]2CCCC[C@H]2C[C@H]1C(=O)NC(C)(C)C. The zero-order chi connectivity index (χ0) is 25.0. The third kappa shape index (κ3) is 6.60. The Kier molecular flexibility index (Phi) is 8.80. The minimum Gasteiger partial charge on any atom is -0.390 e. The lowest BCUT2D eigenvalue weighted by Gasteiger charge is -2.47. The van der Waals surface area contributed by atoms with Crippen LogP contribution in [0.4, 0.5) is 0 Å². The predicted octanol–water partition coefficient (Wildman–Crippen LogP) is 3.97. The Bertz CT molecular complexity index is 863. The summed E-state index contributed by atoms with van der Waals surface area (Å²) in [5, 5.41) is 17.4. The molecule has 6 heteroatoms. The molecule has 190 valence electrons. The van der Waals surface area contributed by atoms with Crippen molar-refractivity contribution >= 4 is 11.8 Å². The molecule has 0 unspecified atom stereocenters. The summed E-state index contributed by atoms with van der Waals surface area (Å²) in [6.45, 7) is 13.2. The molecule has 5 atom stereocenters. The Morgan fingerprint density at radius 3 is 2.47 bits per heavy atom. The van der Waals surface area contributed by atoms with E-state index in [1.165, 1.54) is 25.7 Å². The fraction of sp³-hybridized carbons (Fsp3) is 0.714. The smallest absolute Gasteiger partial charge is 0.251 e. The molecule has 0 aromatic heterocycles. The summed E-state index contributed by atoms with van der Waals surface area (Å²) in [6.07, 6.45) is 5.63. The van der Waals surface area contributed by atoms with Gasteiger partial charge in [-0.15, -0.1) is 0 Å². The number of piperidine rings is 1. The van der Waals surface area contributed by atoms with E-state index in [1.54, 1.807) is 0 Å². The monoisotopic (exact) mass is 471 g/mol. The van der Waals surface area contributed by atoms with Crippen molar-refractivity contribution in [1.82, 2.24) is 15.5 Å². The molecule has 0 bridgehead atoms. The number of hydrogen-bond acceptors (Lipinski definition) is 4. The van der Waals surface area contributed by atoms with Gasteiger partial charge in [0.15, 0.2) is 0 Å². The highest BCUT2D eigenvalue weighted by molar-refractivity contribution is 5.96. The molecule has 1 saturated carbocycles. The Morgan fingerprint density at radius 1 is 1.15 bits per heavy atom. The Balaban J connectivity index is 1.72. The van der Waals surface area contributed by atoms with Crippen molar-refractivity contribution in [3.05, 3.63) is 34.9 Å². The number of carbonyl (C=O) groups excluding carboxylic acids is 2. The molecule has 1 saturated heterocycles. The van der Waals surface area contributed by atoms with Gasteiger partial charge in [0.25, 0.3) is 5.91 Å². The van der Waals surface area contributed by atoms with Crippen LogP contribution in [0.1, 0.15) is 87.7 Å². The first-order valence-corrected chi connectivity index (χ1v) is 13.1. The third-order valence-electron chi connectivity index (χ3n) is 7.79. The van der Waals surface area contributed by atoms with Crippen LogP contribution in [0.5, 0.6) is 0 Å². The highest BCUT2D eigenvalue weighted by Crippen LogP contribution is 2.38. The Labute approximate surface area is 205 Å². The number of nitrogens with zero attached hydrogens (tertiary/aromatic N) is 1. The van der Waals surface area contributed by atoms with Crippen LogP contribution in [-0.2, 0) is 4.79 Å². The van der Waals surface area contributed by atoms with E-state index in [4.69, 9.17) is 0 Å². The number of aliphatic hydroxyl groups is 1. The Morgan fingerprint density at radius 2 is 1.82 bits per heavy atom. The number of aryl methyl sites for hydroxylation is 1. The van der Waals surface area contributed by atoms with Gasteiger partial charge in [-0.25, -0.2) is 0 Å². The fourth-order valence-electron chi connectivity index (χ4n) is 5.71. The molecular formula is C28H45N3O3. The molecule has 2 fully saturated rings. The van der Waals surface area contributed by atoms with Crippen LogP contribution in [0.25, 0.3) is 0 Å². The molecule has 2 aliphatic rings. The second-order valence-electron chi connectivity index (χ2n) is 11.6. The molecule has 2 amide bonds. The van der Waals surface area contributed by atoms with Crippen molar-refractivity contribution in [2.24, 2.45) is 11.8 Å². The van der Waals surface area contributed by atoms with E-state index in [0.29, 0.717) is 30.4 Å². The maximum absolute atomic E-state index is 13.2. The van der Waals surface area contributed by atoms with E-state index in [2.05, 4.69) is 15.5 Å². The first-order valence-electron chi connectivity index (χ1n) is 13.1. The molecule has 1 heterocycles. The minimum absolute atomic E-state index is 0.0520. The summed E-state index contributed by atoms with van der Waals surface area (Å²) in [5.74, 6) is 1.07. The maximum Gasteiger partial charge on any atom is 0.251 e. The van der Waals surface area contributed by atoms with Crippen LogP contribution in [0, 0.1) is 25.7 Å². The summed E-state index contributed by atoms with van der Waals surface area (Å²) >= 11 is 0. The van der Waals surface area contributed by atoms with Crippen molar-refractivity contribution in [1.29, 1.82) is 0 Å². The second kappa shape index (κ2) is 11.2. The molecule has 1 aromatic carbocycles. The van der Waals surface area contributed by atoms with E-state index in [0.717, 1.165) is 24.1 Å². The fourth-order valence-corrected chi connectivity index (χ4v) is 5.71. The van der Waals surface area contributed by atoms with Gasteiger partial charge in [0.2, 0.25) is 5.91 Å². The number of β-amino-alcohol motifs (C(OH)–C–C–N with tert-alkyl or cyclic N) is 1. The lowest BCUT2D eigenvalue weighted by atomic mass is 9.72. The quantitative estimate of drug-likeness (QED) is 0.562. The lowest BCUT2D eigenvalue weighted by Crippen LogP contribution is -2.60. The van der Waals surface area contributed by atoms with Crippen molar-refractivity contribution in [3.8, 4) is 0 Å². The first kappa shape index (κ1) is 26.7. The summed E-state index contributed by atoms with van der Waals surface area (Å²) in [7, 11) is 0. The van der Waals surface area contributed by atoms with Crippen LogP contribution in [0.3, 0.4) is 0 Å². The Hall–Kier alpha value is -1.92. The number of benzene rings is 1. The average Bonchev–Trinajstić information content (AvgIpc) is 2.77. The largest absolute Gasteiger partial charge is 0.390 e. The summed E-state index contributed by atoms with van der Waals surface area (Å²) in [5.41, 5.74) is 2.39. The van der Waals surface area contributed by atoms with Crippen LogP contribution >= 0.6 is 0 Å². The van der Waals surface area contributed by atoms with Crippen molar-refractivity contribution in [3.63, 3.8) is 0 Å². The standard InChI is InChI=1S/C28H45N3O3/c1-7-23(29-26(33)22-14-10-11-18(2)19(22)3)25(32)17-31-16-21-13-9-8-12-20(21)15-24(31)27(34)30-28(4,5)6/h10-11,14,20-21,23-25,32H,7-9,12-13,15-17H2,1-6H3,(H,29,33)(H,30,34)/t20-,21+,23-,24-,25+/m0/s1. The van der Waals surface area contributed by atoms with E-state index in [1.807, 2.05) is 59.7 Å². The average molecular weight is 472 g/mol.